The smallest absolute Gasteiger partial charge is 0.251 e. The topological polar surface area (TPSA) is 91.5 Å². The molecule has 3 N–H and O–H groups in total. The number of nitrogens with one attached hydrogen (secondary N) is 2. The number of imidazole rings is 1. The molecule has 0 atom stereocenters. The molecule has 1 amide bonds. The Balaban J connectivity index is 1.54. The first-order valence-corrected chi connectivity index (χ1v) is 11.2. The molecule has 0 bridgehead atoms. The highest BCUT2D eigenvalue weighted by atomic mass is 16.3. The van der Waals surface area contributed by atoms with Crippen LogP contribution in [0.1, 0.15) is 37.0 Å². The van der Waals surface area contributed by atoms with Crippen LogP contribution >= 0.6 is 0 Å². The lowest BCUT2D eigenvalue weighted by atomic mass is 10.1. The number of aromatic nitrogens is 3. The van der Waals surface area contributed by atoms with E-state index in [9.17, 15) is 9.90 Å². The molecule has 0 aliphatic heterocycles. The van der Waals surface area contributed by atoms with Gasteiger partial charge in [-0.2, -0.15) is 0 Å². The van der Waals surface area contributed by atoms with Gasteiger partial charge in [-0.15, -0.1) is 0 Å². The second-order valence-corrected chi connectivity index (χ2v) is 9.17. The lowest BCUT2D eigenvalue weighted by Crippen LogP contribution is -2.29. The third kappa shape index (κ3) is 4.73. The first kappa shape index (κ1) is 21.2. The van der Waals surface area contributed by atoms with Gasteiger partial charge < -0.3 is 15.7 Å². The van der Waals surface area contributed by atoms with Crippen LogP contribution in [0, 0.1) is 0 Å². The standard InChI is InChI=1S/C26H27N5O2/c1-26(2,33)16-28-23-24-27-14-22(31(24)15-21(30-23)17-6-4-3-5-7-17)18-8-10-19(11-9-18)25(32)29-20-12-13-20/h3-11,14-15,20,33H,12-13,16H2,1-2H3,(H,28,30)(H,29,32). The Morgan fingerprint density at radius 3 is 2.48 bits per heavy atom. The molecule has 4 aromatic rings. The Kier molecular flexibility index (Phi) is 5.34. The van der Waals surface area contributed by atoms with E-state index in [4.69, 9.17) is 4.98 Å². The summed E-state index contributed by atoms with van der Waals surface area (Å²) in [5.41, 5.74) is 4.05. The molecule has 0 radical (unpaired) electrons. The van der Waals surface area contributed by atoms with E-state index in [0.29, 0.717) is 29.6 Å². The van der Waals surface area contributed by atoms with Crippen molar-refractivity contribution in [1.29, 1.82) is 0 Å². The van der Waals surface area contributed by atoms with Crippen molar-refractivity contribution in [2.45, 2.75) is 38.3 Å². The maximum Gasteiger partial charge on any atom is 0.251 e. The number of carbonyl (C=O) groups excluding carboxylic acids is 1. The summed E-state index contributed by atoms with van der Waals surface area (Å²) >= 11 is 0. The molecule has 1 saturated carbocycles. The van der Waals surface area contributed by atoms with E-state index in [2.05, 4.69) is 15.6 Å². The van der Waals surface area contributed by atoms with Gasteiger partial charge in [-0.25, -0.2) is 9.97 Å². The third-order valence-corrected chi connectivity index (χ3v) is 5.61. The van der Waals surface area contributed by atoms with Crippen molar-refractivity contribution in [2.75, 3.05) is 11.9 Å². The van der Waals surface area contributed by atoms with Crippen LogP contribution in [0.2, 0.25) is 0 Å². The van der Waals surface area contributed by atoms with Crippen LogP contribution in [-0.4, -0.2) is 43.6 Å². The Morgan fingerprint density at radius 2 is 1.82 bits per heavy atom. The third-order valence-electron chi connectivity index (χ3n) is 5.61. The molecule has 2 aromatic heterocycles. The fourth-order valence-corrected chi connectivity index (χ4v) is 3.66. The molecule has 1 aliphatic carbocycles. The number of anilines is 1. The average Bonchev–Trinajstić information content (AvgIpc) is 3.52. The summed E-state index contributed by atoms with van der Waals surface area (Å²) in [5, 5.41) is 16.5. The minimum Gasteiger partial charge on any atom is -0.389 e. The van der Waals surface area contributed by atoms with Gasteiger partial charge in [0.1, 0.15) is 0 Å². The number of nitrogens with zero attached hydrogens (tertiary/aromatic N) is 3. The molecule has 7 heteroatoms. The summed E-state index contributed by atoms with van der Waals surface area (Å²) < 4.78 is 2.00. The number of aliphatic hydroxyl groups is 1. The molecule has 7 nitrogen and oxygen atoms in total. The van der Waals surface area contributed by atoms with Gasteiger partial charge in [0.2, 0.25) is 0 Å². The second-order valence-electron chi connectivity index (χ2n) is 9.17. The van der Waals surface area contributed by atoms with Gasteiger partial charge in [0.15, 0.2) is 11.5 Å². The van der Waals surface area contributed by atoms with Crippen LogP contribution in [0.5, 0.6) is 0 Å². The van der Waals surface area contributed by atoms with E-state index in [1.165, 1.54) is 0 Å². The molecule has 2 heterocycles. The van der Waals surface area contributed by atoms with E-state index >= 15 is 0 Å². The molecule has 2 aromatic carbocycles. The second kappa shape index (κ2) is 8.33. The van der Waals surface area contributed by atoms with Crippen molar-refractivity contribution < 1.29 is 9.90 Å². The molecule has 0 saturated heterocycles. The average molecular weight is 442 g/mol. The molecule has 168 valence electrons. The van der Waals surface area contributed by atoms with Crippen molar-refractivity contribution in [3.8, 4) is 22.5 Å². The molecule has 0 unspecified atom stereocenters. The largest absolute Gasteiger partial charge is 0.389 e. The van der Waals surface area contributed by atoms with E-state index in [-0.39, 0.29) is 5.91 Å². The zero-order chi connectivity index (χ0) is 23.0. The summed E-state index contributed by atoms with van der Waals surface area (Å²) in [7, 11) is 0. The van der Waals surface area contributed by atoms with Crippen LogP contribution in [0.15, 0.2) is 67.0 Å². The van der Waals surface area contributed by atoms with Crippen molar-refractivity contribution in [1.82, 2.24) is 19.7 Å². The molecule has 33 heavy (non-hydrogen) atoms. The number of fused-ring (bicyclic) bond motifs is 1. The van der Waals surface area contributed by atoms with Crippen molar-refractivity contribution in [3.05, 3.63) is 72.6 Å². The highest BCUT2D eigenvalue weighted by Crippen LogP contribution is 2.28. The summed E-state index contributed by atoms with van der Waals surface area (Å²) in [4.78, 5) is 21.7. The van der Waals surface area contributed by atoms with E-state index in [1.54, 1.807) is 20.0 Å². The van der Waals surface area contributed by atoms with Gasteiger partial charge in [-0.1, -0.05) is 42.5 Å². The lowest BCUT2D eigenvalue weighted by Gasteiger charge is -2.19. The van der Waals surface area contributed by atoms with Crippen molar-refractivity contribution >= 4 is 17.4 Å². The predicted molar refractivity (Wildman–Crippen MR) is 129 cm³/mol. The fourth-order valence-electron chi connectivity index (χ4n) is 3.66. The van der Waals surface area contributed by atoms with Crippen LogP contribution in [0.3, 0.4) is 0 Å². The van der Waals surface area contributed by atoms with Gasteiger partial charge in [0.25, 0.3) is 5.91 Å². The van der Waals surface area contributed by atoms with E-state index < -0.39 is 5.60 Å². The molecular formula is C26H27N5O2. The number of amides is 1. The van der Waals surface area contributed by atoms with Crippen molar-refractivity contribution in [2.24, 2.45) is 0 Å². The Morgan fingerprint density at radius 1 is 1.09 bits per heavy atom. The SMILES string of the molecule is CC(C)(O)CNc1nc(-c2ccccc2)cn2c(-c3ccc(C(=O)NC4CC4)cc3)cnc12. The monoisotopic (exact) mass is 441 g/mol. The summed E-state index contributed by atoms with van der Waals surface area (Å²) in [6.45, 7) is 3.83. The number of carbonyl (C=O) groups is 1. The molecule has 5 rings (SSSR count). The lowest BCUT2D eigenvalue weighted by molar-refractivity contribution is 0.0940. The van der Waals surface area contributed by atoms with Crippen molar-refractivity contribution in [3.63, 3.8) is 0 Å². The highest BCUT2D eigenvalue weighted by molar-refractivity contribution is 5.95. The number of benzene rings is 2. The summed E-state index contributed by atoms with van der Waals surface area (Å²) in [5.74, 6) is 0.570. The first-order chi connectivity index (χ1) is 15.9. The molecular weight excluding hydrogens is 414 g/mol. The first-order valence-electron chi connectivity index (χ1n) is 11.2. The van der Waals surface area contributed by atoms with Gasteiger partial charge in [0.05, 0.1) is 23.2 Å². The summed E-state index contributed by atoms with van der Waals surface area (Å²) in [6, 6.07) is 17.9. The van der Waals surface area contributed by atoms with Gasteiger partial charge in [0, 0.05) is 35.5 Å². The number of rotatable bonds is 7. The highest BCUT2D eigenvalue weighted by Gasteiger charge is 2.24. The molecule has 1 fully saturated rings. The fraction of sp³-hybridized carbons (Fsp3) is 0.269. The van der Waals surface area contributed by atoms with E-state index in [0.717, 1.165) is 35.4 Å². The maximum atomic E-state index is 12.3. The predicted octanol–water partition coefficient (Wildman–Crippen LogP) is 4.14. The molecule has 1 aliphatic rings. The van der Waals surface area contributed by atoms with E-state index in [1.807, 2.05) is 65.2 Å². The minimum atomic E-state index is -0.895. The van der Waals surface area contributed by atoms with Gasteiger partial charge >= 0.3 is 0 Å². The zero-order valence-electron chi connectivity index (χ0n) is 18.7. The summed E-state index contributed by atoms with van der Waals surface area (Å²) in [6.07, 6.45) is 5.90. The Labute approximate surface area is 192 Å². The minimum absolute atomic E-state index is 0.0316. The Hall–Kier alpha value is -3.71. The molecule has 0 spiro atoms. The Bertz CT molecular complexity index is 1290. The number of hydrogen-bond donors (Lipinski definition) is 3. The van der Waals surface area contributed by atoms with Gasteiger partial charge in [-0.05, 0) is 38.8 Å². The van der Waals surface area contributed by atoms with Crippen LogP contribution < -0.4 is 10.6 Å². The quantitative estimate of drug-likeness (QED) is 0.401. The van der Waals surface area contributed by atoms with Crippen LogP contribution in [0.25, 0.3) is 28.2 Å². The maximum absolute atomic E-state index is 12.3. The normalized spacial score (nSPS) is 13.8. The number of hydrogen-bond acceptors (Lipinski definition) is 5. The van der Waals surface area contributed by atoms with Crippen LogP contribution in [0.4, 0.5) is 5.82 Å². The van der Waals surface area contributed by atoms with Crippen LogP contribution in [-0.2, 0) is 0 Å². The van der Waals surface area contributed by atoms with Gasteiger partial charge in [-0.3, -0.25) is 9.20 Å². The zero-order valence-corrected chi connectivity index (χ0v) is 18.7.